The van der Waals surface area contributed by atoms with Crippen molar-refractivity contribution in [2.24, 2.45) is 0 Å². The van der Waals surface area contributed by atoms with Crippen molar-refractivity contribution < 1.29 is 0 Å². The highest BCUT2D eigenvalue weighted by Crippen LogP contribution is 2.42. The SMILES string of the molecule is C=Cc1c(CCC)sc2ccc(-c3ccc(N(c4cccc(-c5ccc6ccc7c(c6c5)C=CCC7)c4)c4cccc(-c5ccc6ccc7ccccc7c6c5)c4)cc3)cc12. The fourth-order valence-corrected chi connectivity index (χ4v) is 10.8. The average Bonchev–Trinajstić information content (AvgIpc) is 3.68. The van der Waals surface area contributed by atoms with Gasteiger partial charge in [-0.2, -0.15) is 0 Å². The molecule has 9 aromatic carbocycles. The molecule has 0 bridgehead atoms. The largest absolute Gasteiger partial charge is 0.310 e. The van der Waals surface area contributed by atoms with Crippen LogP contribution in [0.2, 0.25) is 0 Å². The number of aryl methyl sites for hydroxylation is 2. The van der Waals surface area contributed by atoms with Gasteiger partial charge in [-0.15, -0.1) is 11.3 Å². The normalized spacial score (nSPS) is 12.3. The Morgan fingerprint density at radius 3 is 1.85 bits per heavy atom. The number of thiophene rings is 1. The van der Waals surface area contributed by atoms with E-state index in [-0.39, 0.29) is 0 Å². The van der Waals surface area contributed by atoms with Crippen LogP contribution in [0, 0.1) is 0 Å². The zero-order valence-corrected chi connectivity index (χ0v) is 35.2. The summed E-state index contributed by atoms with van der Waals surface area (Å²) < 4.78 is 1.33. The maximum Gasteiger partial charge on any atom is 0.0467 e. The summed E-state index contributed by atoms with van der Waals surface area (Å²) in [5, 5.41) is 8.97. The number of benzene rings is 9. The first-order valence-corrected chi connectivity index (χ1v) is 22.4. The molecule has 0 radical (unpaired) electrons. The van der Waals surface area contributed by atoms with E-state index < -0.39 is 0 Å². The molecule has 1 aliphatic carbocycles. The molecule has 0 saturated heterocycles. The number of fused-ring (bicyclic) bond motifs is 7. The third-order valence-electron chi connectivity index (χ3n) is 12.6. The Hall–Kier alpha value is -7.00. The molecule has 1 heterocycles. The van der Waals surface area contributed by atoms with Gasteiger partial charge >= 0.3 is 0 Å². The van der Waals surface area contributed by atoms with E-state index in [9.17, 15) is 0 Å². The lowest BCUT2D eigenvalue weighted by atomic mass is 9.90. The van der Waals surface area contributed by atoms with Gasteiger partial charge in [0.1, 0.15) is 0 Å². The Labute approximate surface area is 362 Å². The van der Waals surface area contributed by atoms with Crippen LogP contribution in [-0.2, 0) is 12.8 Å². The van der Waals surface area contributed by atoms with Gasteiger partial charge in [-0.25, -0.2) is 0 Å². The molecule has 10 aromatic rings. The number of anilines is 3. The van der Waals surface area contributed by atoms with Crippen LogP contribution in [0.4, 0.5) is 17.1 Å². The Morgan fingerprint density at radius 2 is 1.11 bits per heavy atom. The van der Waals surface area contributed by atoms with Gasteiger partial charge < -0.3 is 4.90 Å². The molecular weight excluding hydrogens is 755 g/mol. The molecule has 1 aliphatic rings. The highest BCUT2D eigenvalue weighted by Gasteiger charge is 2.17. The molecule has 0 N–H and O–H groups in total. The second-order valence-corrected chi connectivity index (χ2v) is 17.5. The average molecular weight is 800 g/mol. The maximum absolute atomic E-state index is 4.19. The van der Waals surface area contributed by atoms with Gasteiger partial charge in [0.15, 0.2) is 0 Å². The topological polar surface area (TPSA) is 3.24 Å². The smallest absolute Gasteiger partial charge is 0.0467 e. The molecule has 0 aliphatic heterocycles. The summed E-state index contributed by atoms with van der Waals surface area (Å²) in [5.74, 6) is 0. The Kier molecular flexibility index (Phi) is 9.44. The minimum Gasteiger partial charge on any atom is -0.310 e. The van der Waals surface area contributed by atoms with Gasteiger partial charge in [0.05, 0.1) is 0 Å². The summed E-state index contributed by atoms with van der Waals surface area (Å²) >= 11 is 1.90. The number of hydrogen-bond donors (Lipinski definition) is 0. The van der Waals surface area contributed by atoms with Crippen molar-refractivity contribution in [3.05, 3.63) is 210 Å². The second-order valence-electron chi connectivity index (χ2n) is 16.3. The fourth-order valence-electron chi connectivity index (χ4n) is 9.49. The fraction of sp³-hybridized carbons (Fsp3) is 0.0847. The van der Waals surface area contributed by atoms with Crippen LogP contribution >= 0.6 is 11.3 Å². The Bertz CT molecular complexity index is 3340. The summed E-state index contributed by atoms with van der Waals surface area (Å²) in [6.45, 7) is 6.44. The summed E-state index contributed by atoms with van der Waals surface area (Å²) in [4.78, 5) is 3.84. The molecule has 0 saturated carbocycles. The van der Waals surface area contributed by atoms with Crippen molar-refractivity contribution in [3.8, 4) is 33.4 Å². The number of hydrogen-bond acceptors (Lipinski definition) is 2. The van der Waals surface area contributed by atoms with Crippen LogP contribution in [0.5, 0.6) is 0 Å². The minimum absolute atomic E-state index is 1.08. The van der Waals surface area contributed by atoms with Crippen molar-refractivity contribution >= 4 is 83.0 Å². The molecule has 0 unspecified atom stereocenters. The van der Waals surface area contributed by atoms with Crippen LogP contribution in [0.3, 0.4) is 0 Å². The first-order valence-electron chi connectivity index (χ1n) is 21.5. The van der Waals surface area contributed by atoms with E-state index in [1.54, 1.807) is 0 Å². The summed E-state index contributed by atoms with van der Waals surface area (Å²) in [5.41, 5.74) is 14.6. The molecule has 61 heavy (non-hydrogen) atoms. The van der Waals surface area contributed by atoms with Gasteiger partial charge in [-0.3, -0.25) is 0 Å². The van der Waals surface area contributed by atoms with E-state index in [1.807, 2.05) is 17.4 Å². The standard InChI is InChI=1S/C59H45NS/c1-3-11-58-52(4-2)57-38-46(30-33-59(57)61-58)39-28-31-49(32-29-39)60(50-16-9-14-44(34-50)47-26-24-42-22-20-40-12-5-7-18-53(40)55(42)36-47)51-17-10-15-45(35-51)48-27-25-43-23-21-41-13-6-8-19-54(41)56(43)37-48/h4-5,7-10,12,14-38H,2-3,6,11,13H2,1H3. The van der Waals surface area contributed by atoms with E-state index in [4.69, 9.17) is 0 Å². The van der Waals surface area contributed by atoms with Gasteiger partial charge in [0.25, 0.3) is 0 Å². The maximum atomic E-state index is 4.19. The zero-order chi connectivity index (χ0) is 40.9. The minimum atomic E-state index is 1.08. The number of allylic oxidation sites excluding steroid dienone is 1. The van der Waals surface area contributed by atoms with Crippen molar-refractivity contribution in [3.63, 3.8) is 0 Å². The van der Waals surface area contributed by atoms with Crippen LogP contribution in [0.25, 0.3) is 87.9 Å². The molecule has 0 spiro atoms. The third kappa shape index (κ3) is 6.74. The van der Waals surface area contributed by atoms with Gasteiger partial charge in [0, 0.05) is 32.0 Å². The predicted octanol–water partition coefficient (Wildman–Crippen LogP) is 17.4. The molecule has 0 atom stereocenters. The van der Waals surface area contributed by atoms with E-state index in [0.717, 1.165) is 42.7 Å². The van der Waals surface area contributed by atoms with Gasteiger partial charge in [-0.1, -0.05) is 153 Å². The van der Waals surface area contributed by atoms with E-state index in [0.29, 0.717) is 0 Å². The van der Waals surface area contributed by atoms with Crippen molar-refractivity contribution in [1.82, 2.24) is 0 Å². The Balaban J connectivity index is 1.02. The molecule has 1 aromatic heterocycles. The quantitative estimate of drug-likeness (QED) is 0.131. The van der Waals surface area contributed by atoms with Crippen LogP contribution < -0.4 is 4.90 Å². The second kappa shape index (κ2) is 15.6. The first kappa shape index (κ1) is 37.0. The monoisotopic (exact) mass is 799 g/mol. The summed E-state index contributed by atoms with van der Waals surface area (Å²) in [6.07, 6.45) is 11.1. The molecule has 1 nitrogen and oxygen atoms in total. The first-order chi connectivity index (χ1) is 30.1. The predicted molar refractivity (Wildman–Crippen MR) is 267 cm³/mol. The van der Waals surface area contributed by atoms with Crippen LogP contribution in [0.15, 0.2) is 189 Å². The third-order valence-corrected chi connectivity index (χ3v) is 13.8. The molecule has 0 fully saturated rings. The summed E-state index contributed by atoms with van der Waals surface area (Å²) in [6, 6.07) is 65.6. The highest BCUT2D eigenvalue weighted by atomic mass is 32.1. The van der Waals surface area contributed by atoms with Crippen molar-refractivity contribution in [2.75, 3.05) is 4.90 Å². The van der Waals surface area contributed by atoms with Crippen molar-refractivity contribution in [1.29, 1.82) is 0 Å². The Morgan fingerprint density at radius 1 is 0.525 bits per heavy atom. The molecule has 292 valence electrons. The summed E-state index contributed by atoms with van der Waals surface area (Å²) in [7, 11) is 0. The molecular formula is C59H45NS. The number of rotatable bonds is 9. The van der Waals surface area contributed by atoms with E-state index in [1.165, 1.54) is 97.4 Å². The molecule has 2 heteroatoms. The zero-order valence-electron chi connectivity index (χ0n) is 34.4. The molecule has 0 amide bonds. The lowest BCUT2D eigenvalue weighted by Crippen LogP contribution is -2.10. The highest BCUT2D eigenvalue weighted by molar-refractivity contribution is 7.19. The van der Waals surface area contributed by atoms with Crippen LogP contribution in [-0.4, -0.2) is 0 Å². The lowest BCUT2D eigenvalue weighted by Gasteiger charge is -2.27. The lowest BCUT2D eigenvalue weighted by molar-refractivity contribution is 0.939. The van der Waals surface area contributed by atoms with Crippen molar-refractivity contribution in [2.45, 2.75) is 32.6 Å². The number of nitrogens with zero attached hydrogens (tertiary/aromatic N) is 1. The van der Waals surface area contributed by atoms with Gasteiger partial charge in [-0.05, 0) is 162 Å². The van der Waals surface area contributed by atoms with Gasteiger partial charge in [0.2, 0.25) is 0 Å². The van der Waals surface area contributed by atoms with Crippen LogP contribution in [0.1, 0.15) is 41.3 Å². The molecule has 11 rings (SSSR count). The van der Waals surface area contributed by atoms with E-state index in [2.05, 4.69) is 206 Å². The van der Waals surface area contributed by atoms with E-state index >= 15 is 0 Å².